The summed E-state index contributed by atoms with van der Waals surface area (Å²) in [6.45, 7) is 5.92. The number of carbonyl (C=O) groups excluding carboxylic acids is 2. The number of amides is 3. The van der Waals surface area contributed by atoms with Gasteiger partial charge < -0.3 is 15.5 Å². The largest absolute Gasteiger partial charge is 0.418 e. The van der Waals surface area contributed by atoms with Crippen molar-refractivity contribution < 1.29 is 22.8 Å². The number of urea groups is 1. The summed E-state index contributed by atoms with van der Waals surface area (Å²) in [6.07, 6.45) is -4.54. The molecule has 1 saturated heterocycles. The van der Waals surface area contributed by atoms with Gasteiger partial charge in [-0.15, -0.1) is 0 Å². The first-order chi connectivity index (χ1) is 11.4. The van der Waals surface area contributed by atoms with Crippen LogP contribution in [0.3, 0.4) is 0 Å². The van der Waals surface area contributed by atoms with Gasteiger partial charge in [0.05, 0.1) is 17.3 Å². The molecule has 138 valence electrons. The van der Waals surface area contributed by atoms with Crippen LogP contribution in [0.4, 0.5) is 23.7 Å². The SMILES string of the molecule is CC(C)(C)N1CC(NC(=O)Nc2ccc(Cl)cc2C(F)(F)F)CC1=O. The van der Waals surface area contributed by atoms with E-state index >= 15 is 0 Å². The van der Waals surface area contributed by atoms with Crippen molar-refractivity contribution in [2.75, 3.05) is 11.9 Å². The molecule has 3 amide bonds. The predicted molar refractivity (Wildman–Crippen MR) is 88.5 cm³/mol. The second-order valence-electron chi connectivity index (χ2n) is 6.86. The number of hydrogen-bond donors (Lipinski definition) is 2. The lowest BCUT2D eigenvalue weighted by molar-refractivity contribution is -0.137. The van der Waals surface area contributed by atoms with Gasteiger partial charge in [-0.25, -0.2) is 4.79 Å². The van der Waals surface area contributed by atoms with Crippen LogP contribution in [0.5, 0.6) is 0 Å². The Bertz CT molecular complexity index is 686. The van der Waals surface area contributed by atoms with E-state index in [2.05, 4.69) is 10.6 Å². The zero-order valence-corrected chi connectivity index (χ0v) is 14.8. The molecule has 1 atom stereocenters. The Labute approximate surface area is 148 Å². The van der Waals surface area contributed by atoms with Gasteiger partial charge in [0.25, 0.3) is 0 Å². The normalized spacial score (nSPS) is 18.4. The van der Waals surface area contributed by atoms with E-state index in [0.717, 1.165) is 12.1 Å². The number of halogens is 4. The topological polar surface area (TPSA) is 61.4 Å². The van der Waals surface area contributed by atoms with Crippen molar-refractivity contribution in [1.82, 2.24) is 10.2 Å². The average Bonchev–Trinajstić information content (AvgIpc) is 2.80. The number of likely N-dealkylation sites (tertiary alicyclic amines) is 1. The molecular formula is C16H19ClF3N3O2. The average molecular weight is 378 g/mol. The van der Waals surface area contributed by atoms with E-state index in [1.54, 1.807) is 4.90 Å². The number of nitrogens with one attached hydrogen (secondary N) is 2. The molecule has 25 heavy (non-hydrogen) atoms. The highest BCUT2D eigenvalue weighted by molar-refractivity contribution is 6.30. The monoisotopic (exact) mass is 377 g/mol. The fourth-order valence-corrected chi connectivity index (χ4v) is 2.83. The molecule has 0 aliphatic carbocycles. The van der Waals surface area contributed by atoms with Crippen LogP contribution in [0, 0.1) is 0 Å². The molecule has 1 heterocycles. The van der Waals surface area contributed by atoms with Crippen LogP contribution in [0.15, 0.2) is 18.2 Å². The number of benzene rings is 1. The quantitative estimate of drug-likeness (QED) is 0.821. The van der Waals surface area contributed by atoms with Crippen molar-refractivity contribution in [2.24, 2.45) is 0 Å². The summed E-state index contributed by atoms with van der Waals surface area (Å²) >= 11 is 5.60. The summed E-state index contributed by atoms with van der Waals surface area (Å²) in [5.74, 6) is -0.111. The summed E-state index contributed by atoms with van der Waals surface area (Å²) in [5.41, 5.74) is -1.82. The second-order valence-corrected chi connectivity index (χ2v) is 7.30. The zero-order chi connectivity index (χ0) is 19.0. The number of anilines is 1. The van der Waals surface area contributed by atoms with Crippen LogP contribution in [0.1, 0.15) is 32.8 Å². The Morgan fingerprint density at radius 2 is 1.92 bits per heavy atom. The minimum atomic E-state index is -4.65. The van der Waals surface area contributed by atoms with Gasteiger partial charge in [0.2, 0.25) is 5.91 Å². The third-order valence-electron chi connectivity index (χ3n) is 3.81. The van der Waals surface area contributed by atoms with Crippen molar-refractivity contribution in [2.45, 2.75) is 44.9 Å². The van der Waals surface area contributed by atoms with Gasteiger partial charge in [0.15, 0.2) is 0 Å². The summed E-state index contributed by atoms with van der Waals surface area (Å²) < 4.78 is 39.1. The molecule has 2 N–H and O–H groups in total. The third kappa shape index (κ3) is 4.78. The van der Waals surface area contributed by atoms with Crippen molar-refractivity contribution in [1.29, 1.82) is 0 Å². The molecule has 1 unspecified atom stereocenters. The van der Waals surface area contributed by atoms with Gasteiger partial charge in [-0.1, -0.05) is 11.6 Å². The van der Waals surface area contributed by atoms with E-state index in [1.165, 1.54) is 6.07 Å². The molecule has 0 aromatic heterocycles. The van der Waals surface area contributed by atoms with Gasteiger partial charge in [-0.2, -0.15) is 13.2 Å². The first-order valence-electron chi connectivity index (χ1n) is 7.62. The van der Waals surface area contributed by atoms with Crippen LogP contribution in [0.25, 0.3) is 0 Å². The molecule has 5 nitrogen and oxygen atoms in total. The van der Waals surface area contributed by atoms with Crippen LogP contribution in [-0.4, -0.2) is 35.0 Å². The Hall–Kier alpha value is -1.96. The van der Waals surface area contributed by atoms with Crippen LogP contribution < -0.4 is 10.6 Å². The van der Waals surface area contributed by atoms with Crippen LogP contribution in [-0.2, 0) is 11.0 Å². The van der Waals surface area contributed by atoms with Crippen molar-refractivity contribution in [3.63, 3.8) is 0 Å². The van der Waals surface area contributed by atoms with Crippen molar-refractivity contribution in [3.05, 3.63) is 28.8 Å². The lowest BCUT2D eigenvalue weighted by atomic mass is 10.1. The van der Waals surface area contributed by atoms with Gasteiger partial charge in [-0.3, -0.25) is 4.79 Å². The van der Waals surface area contributed by atoms with Gasteiger partial charge in [-0.05, 0) is 39.0 Å². The fraction of sp³-hybridized carbons (Fsp3) is 0.500. The highest BCUT2D eigenvalue weighted by atomic mass is 35.5. The summed E-state index contributed by atoms with van der Waals surface area (Å²) in [4.78, 5) is 25.7. The third-order valence-corrected chi connectivity index (χ3v) is 4.04. The minimum Gasteiger partial charge on any atom is -0.336 e. The number of hydrogen-bond acceptors (Lipinski definition) is 2. The predicted octanol–water partition coefficient (Wildman–Crippen LogP) is 3.88. The maximum absolute atomic E-state index is 13.0. The number of nitrogens with zero attached hydrogens (tertiary/aromatic N) is 1. The van der Waals surface area contributed by atoms with E-state index in [0.29, 0.717) is 6.54 Å². The van der Waals surface area contributed by atoms with Crippen molar-refractivity contribution in [3.8, 4) is 0 Å². The smallest absolute Gasteiger partial charge is 0.336 e. The molecule has 1 aliphatic heterocycles. The Morgan fingerprint density at radius 1 is 1.28 bits per heavy atom. The zero-order valence-electron chi connectivity index (χ0n) is 14.0. The lowest BCUT2D eigenvalue weighted by Crippen LogP contribution is -2.45. The van der Waals surface area contributed by atoms with E-state index in [1.807, 2.05) is 20.8 Å². The minimum absolute atomic E-state index is 0.0829. The highest BCUT2D eigenvalue weighted by Gasteiger charge is 2.37. The Kier molecular flexibility index (Phi) is 5.22. The molecule has 1 aromatic rings. The van der Waals surface area contributed by atoms with Crippen LogP contribution in [0.2, 0.25) is 5.02 Å². The Balaban J connectivity index is 2.06. The second kappa shape index (κ2) is 6.74. The van der Waals surface area contributed by atoms with Gasteiger partial charge >= 0.3 is 12.2 Å². The standard InChI is InChI=1S/C16H19ClF3N3O2/c1-15(2,3)23-8-10(7-13(23)24)21-14(25)22-12-5-4-9(17)6-11(12)16(18,19)20/h4-6,10H,7-8H2,1-3H3,(H2,21,22,25). The van der Waals surface area contributed by atoms with E-state index < -0.39 is 29.5 Å². The Morgan fingerprint density at radius 3 is 2.44 bits per heavy atom. The van der Waals surface area contributed by atoms with Gasteiger partial charge in [0.1, 0.15) is 0 Å². The number of carbonyl (C=O) groups is 2. The lowest BCUT2D eigenvalue weighted by Gasteiger charge is -2.32. The molecule has 1 aliphatic rings. The first kappa shape index (κ1) is 19.4. The van der Waals surface area contributed by atoms with Crippen molar-refractivity contribution >= 4 is 29.2 Å². The molecule has 1 aromatic carbocycles. The molecule has 0 saturated carbocycles. The molecule has 0 bridgehead atoms. The highest BCUT2D eigenvalue weighted by Crippen LogP contribution is 2.36. The molecule has 0 spiro atoms. The molecule has 1 fully saturated rings. The molecule has 2 rings (SSSR count). The summed E-state index contributed by atoms with van der Waals surface area (Å²) in [5, 5.41) is 4.64. The van der Waals surface area contributed by atoms with Gasteiger partial charge in [0, 0.05) is 23.5 Å². The maximum Gasteiger partial charge on any atom is 0.418 e. The summed E-state index contributed by atoms with van der Waals surface area (Å²) in [6, 6.07) is 1.82. The first-order valence-corrected chi connectivity index (χ1v) is 8.00. The fourth-order valence-electron chi connectivity index (χ4n) is 2.66. The van der Waals surface area contributed by atoms with E-state index in [-0.39, 0.29) is 22.9 Å². The summed E-state index contributed by atoms with van der Waals surface area (Å²) in [7, 11) is 0. The molecular weight excluding hydrogens is 359 g/mol. The van der Waals surface area contributed by atoms with E-state index in [4.69, 9.17) is 11.6 Å². The van der Waals surface area contributed by atoms with E-state index in [9.17, 15) is 22.8 Å². The molecule has 9 heteroatoms. The maximum atomic E-state index is 13.0. The molecule has 0 radical (unpaired) electrons. The van der Waals surface area contributed by atoms with Crippen LogP contribution >= 0.6 is 11.6 Å². The number of rotatable bonds is 2. The number of alkyl halides is 3.